The van der Waals surface area contributed by atoms with Crippen LogP contribution in [0, 0.1) is 6.92 Å². The van der Waals surface area contributed by atoms with Gasteiger partial charge in [0.25, 0.3) is 5.91 Å². The van der Waals surface area contributed by atoms with Crippen molar-refractivity contribution in [3.8, 4) is 17.2 Å². The van der Waals surface area contributed by atoms with Gasteiger partial charge in [-0.15, -0.1) is 11.3 Å². The molecule has 1 fully saturated rings. The number of likely N-dealkylation sites (tertiary alicyclic amines) is 1. The summed E-state index contributed by atoms with van der Waals surface area (Å²) in [5.41, 5.74) is 2.89. The van der Waals surface area contributed by atoms with Crippen molar-refractivity contribution >= 4 is 23.0 Å². The highest BCUT2D eigenvalue weighted by molar-refractivity contribution is 7.11. The van der Waals surface area contributed by atoms with Crippen LogP contribution in [0.4, 0.5) is 0 Å². The molecule has 0 aliphatic carbocycles. The van der Waals surface area contributed by atoms with E-state index in [-0.39, 0.29) is 28.4 Å². The molecule has 0 atom stereocenters. The highest BCUT2D eigenvalue weighted by Crippen LogP contribution is 2.29. The molecule has 0 radical (unpaired) electrons. The van der Waals surface area contributed by atoms with E-state index in [0.717, 1.165) is 47.6 Å². The van der Waals surface area contributed by atoms with E-state index in [9.17, 15) is 19.8 Å². The van der Waals surface area contributed by atoms with Crippen molar-refractivity contribution in [1.82, 2.24) is 9.80 Å². The maximum atomic E-state index is 12.4. The van der Waals surface area contributed by atoms with E-state index in [1.807, 2.05) is 19.1 Å². The van der Waals surface area contributed by atoms with Crippen LogP contribution in [0.3, 0.4) is 0 Å². The summed E-state index contributed by atoms with van der Waals surface area (Å²) in [5, 5.41) is 19.5. The second-order valence-corrected chi connectivity index (χ2v) is 11.5. The summed E-state index contributed by atoms with van der Waals surface area (Å²) in [6.07, 6.45) is 4.90. The molecule has 0 bridgehead atoms. The highest BCUT2D eigenvalue weighted by Gasteiger charge is 2.20. The van der Waals surface area contributed by atoms with Crippen LogP contribution >= 0.6 is 11.3 Å². The van der Waals surface area contributed by atoms with Crippen LogP contribution in [0.25, 0.3) is 0 Å². The number of amides is 1. The molecular formula is C32H42N2O5S. The molecule has 8 heteroatoms. The predicted octanol–water partition coefficient (Wildman–Crippen LogP) is 6.23. The third kappa shape index (κ3) is 8.57. The van der Waals surface area contributed by atoms with Gasteiger partial charge in [0.2, 0.25) is 0 Å². The second-order valence-electron chi connectivity index (χ2n) is 10.2. The van der Waals surface area contributed by atoms with Crippen LogP contribution in [-0.2, 0) is 19.4 Å². The number of hydrogen-bond acceptors (Lipinski definition) is 7. The number of phenolic OH excluding ortho intramolecular Hbond substituents is 2. The summed E-state index contributed by atoms with van der Waals surface area (Å²) >= 11 is 1.59. The molecule has 1 aliphatic heterocycles. The standard InChI is InChI=1S/C16H17NO4S.C16H25NO/c1-9-4-5-11(22-9)8-17(3)16(21)13-6-12(10(2)18)14(19)7-15(13)20;1-3-14-7-8-16(13-15(14)4-2)18-12-11-17-9-5-6-10-17/h4-7,19-20H,8H2,1-3H3;7-8,13H,3-6,9-12H2,1-2H3. The Labute approximate surface area is 242 Å². The number of thiophene rings is 1. The average molecular weight is 567 g/mol. The minimum Gasteiger partial charge on any atom is -0.507 e. The largest absolute Gasteiger partial charge is 0.507 e. The van der Waals surface area contributed by atoms with Crippen molar-refractivity contribution < 1.29 is 24.5 Å². The molecule has 4 rings (SSSR count). The Morgan fingerprint density at radius 1 is 0.950 bits per heavy atom. The number of aryl methyl sites for hydroxylation is 3. The second kappa shape index (κ2) is 14.9. The number of carbonyl (C=O) groups excluding carboxylic acids is 2. The molecule has 0 saturated carbocycles. The number of ether oxygens (including phenoxy) is 1. The number of rotatable bonds is 10. The van der Waals surface area contributed by atoms with Gasteiger partial charge in [-0.05, 0) is 94.1 Å². The van der Waals surface area contributed by atoms with Gasteiger partial charge in [0, 0.05) is 29.4 Å². The number of benzene rings is 2. The molecule has 1 aromatic heterocycles. The summed E-state index contributed by atoms with van der Waals surface area (Å²) in [4.78, 5) is 30.0. The number of hydrogen-bond donors (Lipinski definition) is 2. The Morgan fingerprint density at radius 3 is 2.23 bits per heavy atom. The fraction of sp³-hybridized carbons (Fsp3) is 0.438. The third-order valence-electron chi connectivity index (χ3n) is 7.07. The van der Waals surface area contributed by atoms with Gasteiger partial charge in [0.05, 0.1) is 17.7 Å². The lowest BCUT2D eigenvalue weighted by atomic mass is 10.0. The Hall–Kier alpha value is -3.36. The molecule has 2 aromatic carbocycles. The SMILES string of the molecule is CC(=O)c1cc(C(=O)N(C)Cc2ccc(C)s2)c(O)cc1O.CCc1ccc(OCCN2CCCC2)cc1CC. The summed E-state index contributed by atoms with van der Waals surface area (Å²) in [7, 11) is 1.62. The molecule has 1 saturated heterocycles. The van der Waals surface area contributed by atoms with Gasteiger partial charge in [-0.3, -0.25) is 14.5 Å². The van der Waals surface area contributed by atoms with E-state index >= 15 is 0 Å². The van der Waals surface area contributed by atoms with E-state index in [1.54, 1.807) is 18.4 Å². The Morgan fingerprint density at radius 2 is 1.62 bits per heavy atom. The molecule has 1 aliphatic rings. The molecule has 0 spiro atoms. The van der Waals surface area contributed by atoms with E-state index < -0.39 is 5.91 Å². The lowest BCUT2D eigenvalue weighted by molar-refractivity contribution is 0.0783. The van der Waals surface area contributed by atoms with Gasteiger partial charge in [-0.1, -0.05) is 19.9 Å². The fourth-order valence-corrected chi connectivity index (χ4v) is 5.72. The molecule has 40 heavy (non-hydrogen) atoms. The smallest absolute Gasteiger partial charge is 0.257 e. The summed E-state index contributed by atoms with van der Waals surface area (Å²) in [6, 6.07) is 12.7. The van der Waals surface area contributed by atoms with E-state index in [0.29, 0.717) is 6.54 Å². The molecule has 2 N–H and O–H groups in total. The first kappa shape index (κ1) is 31.2. The zero-order chi connectivity index (χ0) is 29.2. The quantitative estimate of drug-likeness (QED) is 0.283. The molecular weight excluding hydrogens is 524 g/mol. The van der Waals surface area contributed by atoms with Crippen molar-refractivity contribution in [3.05, 3.63) is 74.5 Å². The zero-order valence-corrected chi connectivity index (χ0v) is 25.1. The van der Waals surface area contributed by atoms with E-state index in [1.165, 1.54) is 54.9 Å². The number of Topliss-reactive ketones (excluding diaryl/α,β-unsaturated/α-hetero) is 1. The summed E-state index contributed by atoms with van der Waals surface area (Å²) in [6.45, 7) is 12.5. The zero-order valence-electron chi connectivity index (χ0n) is 24.3. The first-order valence-corrected chi connectivity index (χ1v) is 14.8. The van der Waals surface area contributed by atoms with Gasteiger partial charge < -0.3 is 19.8 Å². The number of phenols is 2. The van der Waals surface area contributed by atoms with Crippen LogP contribution < -0.4 is 4.74 Å². The van der Waals surface area contributed by atoms with Crippen molar-refractivity contribution in [2.24, 2.45) is 0 Å². The predicted molar refractivity (Wildman–Crippen MR) is 161 cm³/mol. The lowest BCUT2D eigenvalue weighted by Crippen LogP contribution is -2.26. The van der Waals surface area contributed by atoms with Crippen LogP contribution in [0.5, 0.6) is 17.2 Å². The summed E-state index contributed by atoms with van der Waals surface area (Å²) in [5.74, 6) is -0.433. The number of aromatic hydroxyl groups is 2. The first-order valence-electron chi connectivity index (χ1n) is 14.0. The molecule has 7 nitrogen and oxygen atoms in total. The fourth-order valence-electron chi connectivity index (χ4n) is 4.78. The van der Waals surface area contributed by atoms with Crippen LogP contribution in [-0.4, -0.2) is 65.0 Å². The molecule has 216 valence electrons. The van der Waals surface area contributed by atoms with Crippen molar-refractivity contribution in [2.75, 3.05) is 33.3 Å². The summed E-state index contributed by atoms with van der Waals surface area (Å²) < 4.78 is 5.87. The molecule has 3 aromatic rings. The van der Waals surface area contributed by atoms with Crippen LogP contribution in [0.2, 0.25) is 0 Å². The van der Waals surface area contributed by atoms with Gasteiger partial charge >= 0.3 is 0 Å². The maximum absolute atomic E-state index is 12.4. The van der Waals surface area contributed by atoms with Gasteiger partial charge in [0.15, 0.2) is 5.78 Å². The monoisotopic (exact) mass is 566 g/mol. The van der Waals surface area contributed by atoms with Crippen molar-refractivity contribution in [2.45, 2.75) is 59.9 Å². The Balaban J connectivity index is 0.000000225. The van der Waals surface area contributed by atoms with Crippen molar-refractivity contribution in [1.29, 1.82) is 0 Å². The van der Waals surface area contributed by atoms with Gasteiger partial charge in [-0.2, -0.15) is 0 Å². The van der Waals surface area contributed by atoms with E-state index in [4.69, 9.17) is 4.74 Å². The Bertz CT molecular complexity index is 1300. The topological polar surface area (TPSA) is 90.3 Å². The number of nitrogens with zero attached hydrogens (tertiary/aromatic N) is 2. The molecule has 1 amide bonds. The molecule has 0 unspecified atom stereocenters. The minimum absolute atomic E-state index is 0.00113. The highest BCUT2D eigenvalue weighted by atomic mass is 32.1. The lowest BCUT2D eigenvalue weighted by Gasteiger charge is -2.17. The van der Waals surface area contributed by atoms with E-state index in [2.05, 4.69) is 36.9 Å². The van der Waals surface area contributed by atoms with Gasteiger partial charge in [-0.25, -0.2) is 0 Å². The molecule has 2 heterocycles. The maximum Gasteiger partial charge on any atom is 0.257 e. The third-order valence-corrected chi connectivity index (χ3v) is 8.06. The average Bonchev–Trinajstić information content (AvgIpc) is 3.60. The van der Waals surface area contributed by atoms with Crippen molar-refractivity contribution in [3.63, 3.8) is 0 Å². The normalized spacial score (nSPS) is 13.0. The van der Waals surface area contributed by atoms with Gasteiger partial charge in [0.1, 0.15) is 23.9 Å². The number of ketones is 1. The number of carbonyl (C=O) groups is 2. The Kier molecular flexibility index (Phi) is 11.6. The van der Waals surface area contributed by atoms with Crippen LogP contribution in [0.15, 0.2) is 42.5 Å². The minimum atomic E-state index is -0.411. The first-order chi connectivity index (χ1) is 19.1. The van der Waals surface area contributed by atoms with Crippen LogP contribution in [0.1, 0.15) is 75.2 Å².